The molecule has 0 saturated carbocycles. The summed E-state index contributed by atoms with van der Waals surface area (Å²) >= 11 is 0. The van der Waals surface area contributed by atoms with Gasteiger partial charge in [-0.3, -0.25) is 9.10 Å². The first-order valence-corrected chi connectivity index (χ1v) is 10.7. The molecule has 0 saturated heterocycles. The predicted octanol–water partition coefficient (Wildman–Crippen LogP) is 1.82. The van der Waals surface area contributed by atoms with E-state index in [0.717, 1.165) is 0 Å². The van der Waals surface area contributed by atoms with Crippen LogP contribution in [0.4, 0.5) is 11.4 Å². The Morgan fingerprint density at radius 2 is 1.90 bits per heavy atom. The van der Waals surface area contributed by atoms with Gasteiger partial charge in [0, 0.05) is 13.1 Å². The summed E-state index contributed by atoms with van der Waals surface area (Å²) in [6, 6.07) is 13.1. The fraction of sp³-hybridized carbons (Fsp3) is 0.350. The highest BCUT2D eigenvalue weighted by atomic mass is 32.2. The molecule has 2 aromatic rings. The number of aliphatic hydroxyl groups is 1. The van der Waals surface area contributed by atoms with Gasteiger partial charge in [-0.2, -0.15) is 0 Å². The van der Waals surface area contributed by atoms with Crippen LogP contribution in [-0.2, 0) is 14.8 Å². The largest absolute Gasteiger partial charge is 0.495 e. The van der Waals surface area contributed by atoms with Crippen LogP contribution in [-0.4, -0.2) is 52.3 Å². The Morgan fingerprint density at radius 3 is 2.48 bits per heavy atom. The van der Waals surface area contributed by atoms with E-state index >= 15 is 0 Å². The molecule has 0 heterocycles. The number of nitrogens with one attached hydrogen (secondary N) is 2. The quantitative estimate of drug-likeness (QED) is 0.540. The minimum absolute atomic E-state index is 0.0316. The molecule has 0 spiro atoms. The molecule has 9 heteroatoms. The molecular weight excluding hydrogens is 394 g/mol. The molecule has 158 valence electrons. The van der Waals surface area contributed by atoms with Gasteiger partial charge in [-0.15, -0.1) is 0 Å². The lowest BCUT2D eigenvalue weighted by Crippen LogP contribution is -2.33. The molecule has 29 heavy (non-hydrogen) atoms. The van der Waals surface area contributed by atoms with Gasteiger partial charge in [-0.05, 0) is 44.2 Å². The second kappa shape index (κ2) is 10.2. The van der Waals surface area contributed by atoms with E-state index in [-0.39, 0.29) is 36.1 Å². The standard InChI is InChI=1S/C20H27N3O5S/c1-4-23(16-8-6-5-7-9-16)29(26,27)17-10-11-19(28-3)18(12-17)22-20(25)14-21-13-15(2)24/h5-12,15,21,24H,4,13-14H2,1-3H3,(H,22,25)/t15-/m0/s1. The van der Waals surface area contributed by atoms with Gasteiger partial charge >= 0.3 is 0 Å². The number of rotatable bonds is 10. The lowest BCUT2D eigenvalue weighted by atomic mass is 10.3. The summed E-state index contributed by atoms with van der Waals surface area (Å²) in [5.74, 6) is -0.0375. The SMILES string of the molecule is CCN(c1ccccc1)S(=O)(=O)c1ccc(OC)c(NC(=O)CNC[C@H](C)O)c1. The number of carbonyl (C=O) groups excluding carboxylic acids is 1. The van der Waals surface area contributed by atoms with Gasteiger partial charge in [0.1, 0.15) is 5.75 Å². The fourth-order valence-corrected chi connectivity index (χ4v) is 4.25. The number of methoxy groups -OCH3 is 1. The van der Waals surface area contributed by atoms with Crippen molar-refractivity contribution in [3.05, 3.63) is 48.5 Å². The predicted molar refractivity (Wildman–Crippen MR) is 113 cm³/mol. The molecule has 0 unspecified atom stereocenters. The zero-order chi connectivity index (χ0) is 21.4. The molecule has 0 aromatic heterocycles. The van der Waals surface area contributed by atoms with Crippen molar-refractivity contribution in [2.75, 3.05) is 36.4 Å². The highest BCUT2D eigenvalue weighted by Crippen LogP contribution is 2.30. The van der Waals surface area contributed by atoms with E-state index in [2.05, 4.69) is 10.6 Å². The number of para-hydroxylation sites is 1. The van der Waals surface area contributed by atoms with E-state index < -0.39 is 16.1 Å². The van der Waals surface area contributed by atoms with Crippen molar-refractivity contribution in [3.8, 4) is 5.75 Å². The summed E-state index contributed by atoms with van der Waals surface area (Å²) in [6.07, 6.45) is -0.580. The molecule has 0 aliphatic carbocycles. The van der Waals surface area contributed by atoms with Crippen molar-refractivity contribution in [2.45, 2.75) is 24.8 Å². The van der Waals surface area contributed by atoms with Gasteiger partial charge in [0.2, 0.25) is 5.91 Å². The van der Waals surface area contributed by atoms with Gasteiger partial charge < -0.3 is 20.5 Å². The summed E-state index contributed by atoms with van der Waals surface area (Å²) < 4.78 is 32.9. The first-order valence-electron chi connectivity index (χ1n) is 9.24. The van der Waals surface area contributed by atoms with E-state index in [9.17, 15) is 18.3 Å². The van der Waals surface area contributed by atoms with Gasteiger partial charge in [-0.25, -0.2) is 8.42 Å². The number of carbonyl (C=O) groups is 1. The molecule has 8 nitrogen and oxygen atoms in total. The number of hydrogen-bond donors (Lipinski definition) is 3. The Kier molecular flexibility index (Phi) is 8.00. The van der Waals surface area contributed by atoms with Crippen molar-refractivity contribution in [3.63, 3.8) is 0 Å². The van der Waals surface area contributed by atoms with Crippen molar-refractivity contribution < 1.29 is 23.1 Å². The number of anilines is 2. The lowest BCUT2D eigenvalue weighted by Gasteiger charge is -2.23. The number of ether oxygens (including phenoxy) is 1. The molecule has 2 aromatic carbocycles. The van der Waals surface area contributed by atoms with E-state index in [0.29, 0.717) is 11.4 Å². The Labute approximate surface area is 171 Å². The topological polar surface area (TPSA) is 108 Å². The highest BCUT2D eigenvalue weighted by molar-refractivity contribution is 7.92. The van der Waals surface area contributed by atoms with Crippen LogP contribution in [0.15, 0.2) is 53.4 Å². The Hall–Kier alpha value is -2.62. The number of nitrogens with zero attached hydrogens (tertiary/aromatic N) is 1. The monoisotopic (exact) mass is 421 g/mol. The average Bonchev–Trinajstić information content (AvgIpc) is 2.68. The van der Waals surface area contributed by atoms with Crippen LogP contribution in [0.5, 0.6) is 5.75 Å². The maximum Gasteiger partial charge on any atom is 0.264 e. The van der Waals surface area contributed by atoms with E-state index in [1.807, 2.05) is 6.07 Å². The summed E-state index contributed by atoms with van der Waals surface area (Å²) in [7, 11) is -2.40. The Bertz CT molecular complexity index is 917. The number of hydrogen-bond acceptors (Lipinski definition) is 6. The minimum atomic E-state index is -3.84. The Balaban J connectivity index is 2.29. The van der Waals surface area contributed by atoms with E-state index in [1.54, 1.807) is 38.1 Å². The van der Waals surface area contributed by atoms with Crippen LogP contribution in [0.3, 0.4) is 0 Å². The number of benzene rings is 2. The van der Waals surface area contributed by atoms with Crippen LogP contribution in [0.2, 0.25) is 0 Å². The second-order valence-electron chi connectivity index (χ2n) is 6.40. The molecule has 0 aliphatic rings. The van der Waals surface area contributed by atoms with Gasteiger partial charge in [0.25, 0.3) is 10.0 Å². The molecule has 2 rings (SSSR count). The number of aliphatic hydroxyl groups excluding tert-OH is 1. The number of amides is 1. The summed E-state index contributed by atoms with van der Waals surface area (Å²) in [6.45, 7) is 3.85. The van der Waals surface area contributed by atoms with Crippen LogP contribution in [0, 0.1) is 0 Å². The van der Waals surface area contributed by atoms with E-state index in [4.69, 9.17) is 4.74 Å². The second-order valence-corrected chi connectivity index (χ2v) is 8.26. The third-order valence-electron chi connectivity index (χ3n) is 4.09. The van der Waals surface area contributed by atoms with Crippen LogP contribution < -0.4 is 19.7 Å². The van der Waals surface area contributed by atoms with Gasteiger partial charge in [0.05, 0.1) is 36.0 Å². The molecular formula is C20H27N3O5S. The first-order chi connectivity index (χ1) is 13.8. The van der Waals surface area contributed by atoms with Crippen LogP contribution >= 0.6 is 0 Å². The van der Waals surface area contributed by atoms with Crippen molar-refractivity contribution in [1.82, 2.24) is 5.32 Å². The maximum absolute atomic E-state index is 13.2. The Morgan fingerprint density at radius 1 is 1.21 bits per heavy atom. The van der Waals surface area contributed by atoms with E-state index in [1.165, 1.54) is 29.6 Å². The van der Waals surface area contributed by atoms with Crippen molar-refractivity contribution >= 4 is 27.3 Å². The summed E-state index contributed by atoms with van der Waals surface area (Å²) in [5, 5.41) is 14.7. The fourth-order valence-electron chi connectivity index (χ4n) is 2.75. The van der Waals surface area contributed by atoms with Crippen LogP contribution in [0.25, 0.3) is 0 Å². The van der Waals surface area contributed by atoms with Crippen LogP contribution in [0.1, 0.15) is 13.8 Å². The third-order valence-corrected chi connectivity index (χ3v) is 5.99. The van der Waals surface area contributed by atoms with Crippen molar-refractivity contribution in [2.24, 2.45) is 0 Å². The lowest BCUT2D eigenvalue weighted by molar-refractivity contribution is -0.115. The third kappa shape index (κ3) is 5.93. The molecule has 1 atom stereocenters. The van der Waals surface area contributed by atoms with Crippen molar-refractivity contribution in [1.29, 1.82) is 0 Å². The number of sulfonamides is 1. The maximum atomic E-state index is 13.2. The molecule has 3 N–H and O–H groups in total. The zero-order valence-corrected chi connectivity index (χ0v) is 17.6. The van der Waals surface area contributed by atoms with Gasteiger partial charge in [0.15, 0.2) is 0 Å². The smallest absolute Gasteiger partial charge is 0.264 e. The molecule has 0 bridgehead atoms. The average molecular weight is 422 g/mol. The molecule has 0 radical (unpaired) electrons. The molecule has 0 fully saturated rings. The summed E-state index contributed by atoms with van der Waals surface area (Å²) in [5.41, 5.74) is 0.806. The zero-order valence-electron chi connectivity index (χ0n) is 16.8. The highest BCUT2D eigenvalue weighted by Gasteiger charge is 2.25. The van der Waals surface area contributed by atoms with Gasteiger partial charge in [-0.1, -0.05) is 18.2 Å². The first kappa shape index (κ1) is 22.7. The minimum Gasteiger partial charge on any atom is -0.495 e. The molecule has 0 aliphatic heterocycles. The summed E-state index contributed by atoms with van der Waals surface area (Å²) in [4.78, 5) is 12.2. The molecule has 1 amide bonds. The normalized spacial score (nSPS) is 12.3.